The molecule has 2 aliphatic rings. The van der Waals surface area contributed by atoms with Gasteiger partial charge < -0.3 is 4.57 Å². The lowest BCUT2D eigenvalue weighted by Gasteiger charge is -2.24. The fourth-order valence-corrected chi connectivity index (χ4v) is 4.06. The van der Waals surface area contributed by atoms with Gasteiger partial charge in [-0.05, 0) is 49.5 Å². The molecule has 1 aliphatic carbocycles. The van der Waals surface area contributed by atoms with Gasteiger partial charge in [-0.2, -0.15) is 5.10 Å². The van der Waals surface area contributed by atoms with E-state index in [0.29, 0.717) is 18.0 Å². The molecule has 24 heavy (non-hydrogen) atoms. The van der Waals surface area contributed by atoms with Gasteiger partial charge in [0.25, 0.3) is 0 Å². The summed E-state index contributed by atoms with van der Waals surface area (Å²) in [5.74, 6) is 1.54. The van der Waals surface area contributed by atoms with Gasteiger partial charge in [0, 0.05) is 36.9 Å². The molecule has 128 valence electrons. The molecule has 2 aromatic heterocycles. The van der Waals surface area contributed by atoms with Crippen LogP contribution in [0.2, 0.25) is 0 Å². The minimum atomic E-state index is 0.404. The van der Waals surface area contributed by atoms with E-state index >= 15 is 0 Å². The number of hydrogen-bond acceptors (Lipinski definition) is 4. The van der Waals surface area contributed by atoms with E-state index in [1.807, 2.05) is 23.1 Å². The highest BCUT2D eigenvalue weighted by Gasteiger charge is 2.31. The first-order valence-corrected chi connectivity index (χ1v) is 9.39. The summed E-state index contributed by atoms with van der Waals surface area (Å²) in [6, 6.07) is 5.21. The van der Waals surface area contributed by atoms with Gasteiger partial charge in [0.15, 0.2) is 4.77 Å². The van der Waals surface area contributed by atoms with Crippen molar-refractivity contribution < 1.29 is 0 Å². The van der Waals surface area contributed by atoms with E-state index in [9.17, 15) is 0 Å². The zero-order chi connectivity index (χ0) is 16.7. The molecule has 0 aromatic carbocycles. The van der Waals surface area contributed by atoms with Gasteiger partial charge in [0.05, 0.1) is 6.67 Å². The third-order valence-corrected chi connectivity index (χ3v) is 5.48. The van der Waals surface area contributed by atoms with E-state index in [0.717, 1.165) is 23.8 Å². The third kappa shape index (κ3) is 2.93. The maximum Gasteiger partial charge on any atom is 0.199 e. The number of pyridine rings is 1. The Balaban J connectivity index is 1.61. The molecule has 0 spiro atoms. The molecule has 3 heterocycles. The van der Waals surface area contributed by atoms with E-state index in [2.05, 4.69) is 34.4 Å². The quantitative estimate of drug-likeness (QED) is 0.768. The predicted octanol–water partition coefficient (Wildman–Crippen LogP) is 4.06. The summed E-state index contributed by atoms with van der Waals surface area (Å²) in [5.41, 5.74) is 1.30. The Morgan fingerprint density at radius 1 is 1.29 bits per heavy atom. The van der Waals surface area contributed by atoms with Crippen LogP contribution < -0.4 is 0 Å². The lowest BCUT2D eigenvalue weighted by molar-refractivity contribution is 0.189. The van der Waals surface area contributed by atoms with Crippen LogP contribution in [0.3, 0.4) is 0 Å². The van der Waals surface area contributed by atoms with Crippen molar-refractivity contribution in [2.24, 2.45) is 0 Å². The van der Waals surface area contributed by atoms with Crippen molar-refractivity contribution >= 4 is 12.2 Å². The predicted molar refractivity (Wildman–Crippen MR) is 96.3 cm³/mol. The van der Waals surface area contributed by atoms with E-state index in [1.165, 1.54) is 31.2 Å². The van der Waals surface area contributed by atoms with Gasteiger partial charge in [-0.25, -0.2) is 4.68 Å². The van der Waals surface area contributed by atoms with Crippen LogP contribution in [0.4, 0.5) is 0 Å². The summed E-state index contributed by atoms with van der Waals surface area (Å²) in [5, 5.41) is 4.88. The summed E-state index contributed by atoms with van der Waals surface area (Å²) in [4.78, 5) is 6.77. The molecule has 0 bridgehead atoms. The molecule has 0 radical (unpaired) electrons. The van der Waals surface area contributed by atoms with Crippen LogP contribution in [-0.2, 0) is 6.67 Å². The van der Waals surface area contributed by atoms with Crippen molar-refractivity contribution in [1.82, 2.24) is 24.2 Å². The van der Waals surface area contributed by atoms with Crippen LogP contribution in [-0.4, -0.2) is 30.8 Å². The van der Waals surface area contributed by atoms with Crippen LogP contribution in [0.5, 0.6) is 0 Å². The van der Waals surface area contributed by atoms with Crippen molar-refractivity contribution in [2.45, 2.75) is 64.2 Å². The largest absolute Gasteiger partial charge is 0.301 e. The second kappa shape index (κ2) is 6.41. The molecule has 5 nitrogen and oxygen atoms in total. The minimum Gasteiger partial charge on any atom is -0.301 e. The Morgan fingerprint density at radius 3 is 2.79 bits per heavy atom. The summed E-state index contributed by atoms with van der Waals surface area (Å²) in [6.45, 7) is 6.27. The maximum absolute atomic E-state index is 5.76. The molecule has 6 heteroatoms. The monoisotopic (exact) mass is 343 g/mol. The topological polar surface area (TPSA) is 38.9 Å². The second-order valence-electron chi connectivity index (χ2n) is 7.29. The molecule has 0 amide bonds. The molecule has 2 fully saturated rings. The summed E-state index contributed by atoms with van der Waals surface area (Å²) < 4.78 is 5.23. The molecule has 1 saturated carbocycles. The first kappa shape index (κ1) is 16.0. The zero-order valence-corrected chi connectivity index (χ0v) is 15.2. The Kier molecular flexibility index (Phi) is 4.26. The molecule has 1 atom stereocenters. The highest BCUT2D eigenvalue weighted by Crippen LogP contribution is 2.38. The van der Waals surface area contributed by atoms with Crippen LogP contribution in [0.1, 0.15) is 68.9 Å². The van der Waals surface area contributed by atoms with Crippen molar-refractivity contribution in [3.05, 3.63) is 40.7 Å². The van der Waals surface area contributed by atoms with Gasteiger partial charge in [-0.1, -0.05) is 19.9 Å². The van der Waals surface area contributed by atoms with Crippen molar-refractivity contribution in [2.75, 3.05) is 6.54 Å². The van der Waals surface area contributed by atoms with Crippen molar-refractivity contribution in [1.29, 1.82) is 0 Å². The Labute approximate surface area is 148 Å². The standard InChI is InChI=1S/C18H25N5S/c1-13(2)17-20-22(18(24)23(17)15-7-8-15)12-21-10-4-6-16(21)14-5-3-9-19-11-14/h3,5,9,11,13,15-16H,4,6-8,10,12H2,1-2H3. The molecule has 1 unspecified atom stereocenters. The average molecular weight is 344 g/mol. The minimum absolute atomic E-state index is 0.404. The first-order chi connectivity index (χ1) is 11.6. The smallest absolute Gasteiger partial charge is 0.199 e. The van der Waals surface area contributed by atoms with Gasteiger partial charge in [0.1, 0.15) is 5.82 Å². The molecular weight excluding hydrogens is 318 g/mol. The van der Waals surface area contributed by atoms with E-state index in [1.54, 1.807) is 0 Å². The molecular formula is C18H25N5S. The summed E-state index contributed by atoms with van der Waals surface area (Å²) in [6.07, 6.45) is 8.70. The highest BCUT2D eigenvalue weighted by molar-refractivity contribution is 7.71. The van der Waals surface area contributed by atoms with E-state index < -0.39 is 0 Å². The summed E-state index contributed by atoms with van der Waals surface area (Å²) in [7, 11) is 0. The highest BCUT2D eigenvalue weighted by atomic mass is 32.1. The van der Waals surface area contributed by atoms with Crippen LogP contribution in [0.25, 0.3) is 0 Å². The SMILES string of the molecule is CC(C)c1nn(CN2CCCC2c2cccnc2)c(=S)n1C1CC1. The molecule has 0 N–H and O–H groups in total. The Bertz CT molecular complexity index is 759. The lowest BCUT2D eigenvalue weighted by atomic mass is 10.1. The van der Waals surface area contributed by atoms with Crippen LogP contribution in [0, 0.1) is 4.77 Å². The number of aromatic nitrogens is 4. The molecule has 2 aromatic rings. The Hall–Kier alpha value is -1.53. The zero-order valence-electron chi connectivity index (χ0n) is 14.4. The van der Waals surface area contributed by atoms with Gasteiger partial charge in [-0.3, -0.25) is 9.88 Å². The van der Waals surface area contributed by atoms with Crippen molar-refractivity contribution in [3.63, 3.8) is 0 Å². The number of likely N-dealkylation sites (tertiary alicyclic amines) is 1. The normalized spacial score (nSPS) is 21.7. The summed E-state index contributed by atoms with van der Waals surface area (Å²) >= 11 is 5.76. The van der Waals surface area contributed by atoms with Crippen LogP contribution in [0.15, 0.2) is 24.5 Å². The van der Waals surface area contributed by atoms with Crippen molar-refractivity contribution in [3.8, 4) is 0 Å². The van der Waals surface area contributed by atoms with E-state index in [-0.39, 0.29) is 0 Å². The molecule has 1 aliphatic heterocycles. The number of hydrogen-bond donors (Lipinski definition) is 0. The third-order valence-electron chi connectivity index (χ3n) is 5.07. The number of rotatable bonds is 5. The first-order valence-electron chi connectivity index (χ1n) is 8.98. The average Bonchev–Trinajstić information content (AvgIpc) is 3.22. The van der Waals surface area contributed by atoms with Gasteiger partial charge >= 0.3 is 0 Å². The molecule has 4 rings (SSSR count). The fourth-order valence-electron chi connectivity index (χ4n) is 3.72. The van der Waals surface area contributed by atoms with Crippen LogP contribution >= 0.6 is 12.2 Å². The maximum atomic E-state index is 5.76. The van der Waals surface area contributed by atoms with E-state index in [4.69, 9.17) is 17.3 Å². The molecule has 1 saturated heterocycles. The lowest BCUT2D eigenvalue weighted by Crippen LogP contribution is -2.27. The van der Waals surface area contributed by atoms with Gasteiger partial charge in [0.2, 0.25) is 0 Å². The number of nitrogens with zero attached hydrogens (tertiary/aromatic N) is 5. The van der Waals surface area contributed by atoms with Gasteiger partial charge in [-0.15, -0.1) is 0 Å². The Morgan fingerprint density at radius 2 is 2.12 bits per heavy atom. The fraction of sp³-hybridized carbons (Fsp3) is 0.611. The second-order valence-corrected chi connectivity index (χ2v) is 7.66.